The lowest BCUT2D eigenvalue weighted by molar-refractivity contribution is -0.183. The number of rotatable bonds is 6. The Morgan fingerprint density at radius 3 is 2.84 bits per heavy atom. The highest BCUT2D eigenvalue weighted by atomic mass is 16.7. The molecule has 3 aliphatic rings. The summed E-state index contributed by atoms with van der Waals surface area (Å²) in [5, 5.41) is 1.93. The first-order valence-electron chi connectivity index (χ1n) is 9.84. The van der Waals surface area contributed by atoms with Gasteiger partial charge in [-0.15, -0.1) is 0 Å². The number of amides is 2. The van der Waals surface area contributed by atoms with Gasteiger partial charge in [-0.2, -0.15) is 5.06 Å². The fourth-order valence-corrected chi connectivity index (χ4v) is 4.33. The Morgan fingerprint density at radius 1 is 1.20 bits per heavy atom. The van der Waals surface area contributed by atoms with Crippen LogP contribution in [0, 0.1) is 5.92 Å². The summed E-state index contributed by atoms with van der Waals surface area (Å²) in [7, 11) is 0. The fraction of sp³-hybridized carbons (Fsp3) is 0.889. The minimum Gasteiger partial charge on any atom is -0.342 e. The standard InChI is InChI=1S/C18H32N4O3/c19-8-3-10-22-16-6-11-20(14-15(16)4-5-18(22)24)17(23)7-12-21-9-1-2-13-25-21/h15-16H,1-14,19H2/t15-,16+/m0/s1. The van der Waals surface area contributed by atoms with Crippen molar-refractivity contribution in [3.05, 3.63) is 0 Å². The second kappa shape index (κ2) is 8.96. The van der Waals surface area contributed by atoms with Crippen LogP contribution >= 0.6 is 0 Å². The van der Waals surface area contributed by atoms with Gasteiger partial charge in [0.05, 0.1) is 6.61 Å². The molecule has 0 unspecified atom stereocenters. The number of carbonyl (C=O) groups excluding carboxylic acids is 2. The maximum Gasteiger partial charge on any atom is 0.223 e. The number of nitrogens with zero attached hydrogens (tertiary/aromatic N) is 3. The predicted octanol–water partition coefficient (Wildman–Crippen LogP) is 0.592. The molecule has 7 nitrogen and oxygen atoms in total. The molecule has 0 aromatic heterocycles. The van der Waals surface area contributed by atoms with Crippen molar-refractivity contribution in [3.63, 3.8) is 0 Å². The molecule has 2 atom stereocenters. The van der Waals surface area contributed by atoms with Gasteiger partial charge in [0.15, 0.2) is 0 Å². The van der Waals surface area contributed by atoms with Crippen molar-refractivity contribution < 1.29 is 14.4 Å². The molecule has 25 heavy (non-hydrogen) atoms. The van der Waals surface area contributed by atoms with Crippen molar-refractivity contribution >= 4 is 11.8 Å². The van der Waals surface area contributed by atoms with Crippen LogP contribution in [0.4, 0.5) is 0 Å². The van der Waals surface area contributed by atoms with E-state index in [0.717, 1.165) is 64.9 Å². The predicted molar refractivity (Wildman–Crippen MR) is 94.5 cm³/mol. The first-order chi connectivity index (χ1) is 12.2. The average molecular weight is 352 g/mol. The van der Waals surface area contributed by atoms with Crippen molar-refractivity contribution in [1.82, 2.24) is 14.9 Å². The summed E-state index contributed by atoms with van der Waals surface area (Å²) in [6, 6.07) is 0.294. The number of hydroxylamine groups is 2. The van der Waals surface area contributed by atoms with E-state index in [1.807, 2.05) is 14.9 Å². The molecule has 142 valence electrons. The van der Waals surface area contributed by atoms with Gasteiger partial charge in [0.1, 0.15) is 0 Å². The van der Waals surface area contributed by atoms with Crippen molar-refractivity contribution in [2.24, 2.45) is 11.7 Å². The van der Waals surface area contributed by atoms with Gasteiger partial charge in [-0.25, -0.2) is 0 Å². The molecule has 0 aliphatic carbocycles. The van der Waals surface area contributed by atoms with Gasteiger partial charge in [-0.1, -0.05) is 0 Å². The molecule has 2 N–H and O–H groups in total. The molecule has 3 heterocycles. The summed E-state index contributed by atoms with van der Waals surface area (Å²) in [6.45, 7) is 5.31. The van der Waals surface area contributed by atoms with Gasteiger partial charge in [-0.05, 0) is 44.6 Å². The zero-order valence-corrected chi connectivity index (χ0v) is 15.2. The molecule has 7 heteroatoms. The molecule has 3 aliphatic heterocycles. The lowest BCUT2D eigenvalue weighted by atomic mass is 9.83. The van der Waals surface area contributed by atoms with Crippen molar-refractivity contribution in [2.75, 3.05) is 45.9 Å². The molecule has 0 saturated carbocycles. The third-order valence-electron chi connectivity index (χ3n) is 5.75. The molecule has 0 aromatic rings. The minimum atomic E-state index is 0.220. The summed E-state index contributed by atoms with van der Waals surface area (Å²) in [6.07, 6.45) is 6.04. The number of hydrogen-bond acceptors (Lipinski definition) is 5. The zero-order valence-electron chi connectivity index (χ0n) is 15.2. The maximum atomic E-state index is 12.6. The Balaban J connectivity index is 1.48. The minimum absolute atomic E-state index is 0.220. The Morgan fingerprint density at radius 2 is 2.08 bits per heavy atom. The molecule has 0 bridgehead atoms. The summed E-state index contributed by atoms with van der Waals surface area (Å²) >= 11 is 0. The Hall–Kier alpha value is -1.18. The van der Waals surface area contributed by atoms with Gasteiger partial charge in [0.2, 0.25) is 11.8 Å². The van der Waals surface area contributed by atoms with E-state index >= 15 is 0 Å². The Bertz CT molecular complexity index is 467. The van der Waals surface area contributed by atoms with Gasteiger partial charge < -0.3 is 15.5 Å². The van der Waals surface area contributed by atoms with Crippen LogP contribution in [0.1, 0.15) is 44.9 Å². The van der Waals surface area contributed by atoms with Crippen LogP contribution in [-0.2, 0) is 14.4 Å². The first kappa shape index (κ1) is 18.6. The SMILES string of the molecule is NCCCN1C(=O)CC[C@H]2CN(C(=O)CCN3CCCCO3)CC[C@H]21. The number of fused-ring (bicyclic) bond motifs is 1. The number of carbonyl (C=O) groups is 2. The largest absolute Gasteiger partial charge is 0.342 e. The maximum absolute atomic E-state index is 12.6. The third-order valence-corrected chi connectivity index (χ3v) is 5.75. The van der Waals surface area contributed by atoms with Gasteiger partial charge in [0.25, 0.3) is 0 Å². The first-order valence-corrected chi connectivity index (χ1v) is 9.84. The topological polar surface area (TPSA) is 79.1 Å². The Labute approximate surface area is 150 Å². The van der Waals surface area contributed by atoms with Crippen LogP contribution < -0.4 is 5.73 Å². The second-order valence-corrected chi connectivity index (χ2v) is 7.44. The molecule has 0 aromatic carbocycles. The number of piperidine rings is 2. The number of likely N-dealkylation sites (tertiary alicyclic amines) is 2. The molecule has 3 saturated heterocycles. The highest BCUT2D eigenvalue weighted by molar-refractivity contribution is 5.78. The zero-order chi connectivity index (χ0) is 17.6. The third kappa shape index (κ3) is 4.71. The normalized spacial score (nSPS) is 28.1. The quantitative estimate of drug-likeness (QED) is 0.757. The van der Waals surface area contributed by atoms with Crippen LogP contribution in [-0.4, -0.2) is 78.6 Å². The second-order valence-electron chi connectivity index (χ2n) is 7.44. The van der Waals surface area contributed by atoms with E-state index in [0.29, 0.717) is 37.9 Å². The lowest BCUT2D eigenvalue weighted by Gasteiger charge is -2.47. The molecule has 3 rings (SSSR count). The summed E-state index contributed by atoms with van der Waals surface area (Å²) in [5.74, 6) is 0.897. The van der Waals surface area contributed by atoms with E-state index in [-0.39, 0.29) is 11.8 Å². The van der Waals surface area contributed by atoms with Gasteiger partial charge >= 0.3 is 0 Å². The van der Waals surface area contributed by atoms with E-state index in [1.165, 1.54) is 0 Å². The van der Waals surface area contributed by atoms with Crippen LogP contribution in [0.5, 0.6) is 0 Å². The number of hydrogen-bond donors (Lipinski definition) is 1. The molecule has 2 amide bonds. The van der Waals surface area contributed by atoms with Gasteiger partial charge in [0, 0.05) is 51.6 Å². The van der Waals surface area contributed by atoms with Gasteiger partial charge in [-0.3, -0.25) is 14.4 Å². The summed E-state index contributed by atoms with van der Waals surface area (Å²) in [4.78, 5) is 34.4. The van der Waals surface area contributed by atoms with Crippen molar-refractivity contribution in [1.29, 1.82) is 0 Å². The summed E-state index contributed by atoms with van der Waals surface area (Å²) < 4.78 is 0. The van der Waals surface area contributed by atoms with E-state index in [1.54, 1.807) is 0 Å². The average Bonchev–Trinajstić information content (AvgIpc) is 2.66. The van der Waals surface area contributed by atoms with Crippen molar-refractivity contribution in [2.45, 2.75) is 51.0 Å². The van der Waals surface area contributed by atoms with E-state index < -0.39 is 0 Å². The lowest BCUT2D eigenvalue weighted by Crippen LogP contribution is -2.57. The highest BCUT2D eigenvalue weighted by Crippen LogP contribution is 2.31. The molecular formula is C18H32N4O3. The van der Waals surface area contributed by atoms with E-state index in [9.17, 15) is 9.59 Å². The van der Waals surface area contributed by atoms with Crippen LogP contribution in [0.2, 0.25) is 0 Å². The van der Waals surface area contributed by atoms with E-state index in [4.69, 9.17) is 10.6 Å². The van der Waals surface area contributed by atoms with Crippen LogP contribution in [0.25, 0.3) is 0 Å². The summed E-state index contributed by atoms with van der Waals surface area (Å²) in [5.41, 5.74) is 5.61. The smallest absolute Gasteiger partial charge is 0.223 e. The highest BCUT2D eigenvalue weighted by Gasteiger charge is 2.39. The monoisotopic (exact) mass is 352 g/mol. The molecule has 3 fully saturated rings. The van der Waals surface area contributed by atoms with Crippen LogP contribution in [0.15, 0.2) is 0 Å². The van der Waals surface area contributed by atoms with E-state index in [2.05, 4.69) is 0 Å². The number of nitrogens with two attached hydrogens (primary N) is 1. The Kier molecular flexibility index (Phi) is 6.67. The fourth-order valence-electron chi connectivity index (χ4n) is 4.33. The van der Waals surface area contributed by atoms with Crippen LogP contribution in [0.3, 0.4) is 0 Å². The molecule has 0 spiro atoms. The van der Waals surface area contributed by atoms with Crippen molar-refractivity contribution in [3.8, 4) is 0 Å². The molecule has 0 radical (unpaired) electrons. The molecular weight excluding hydrogens is 320 g/mol.